The molecule has 29 heavy (non-hydrogen) atoms. The van der Waals surface area contributed by atoms with Gasteiger partial charge in [0.1, 0.15) is 0 Å². The maximum Gasteiger partial charge on any atom is 0.230 e. The first-order chi connectivity index (χ1) is 13.9. The number of hydrogen-bond acceptors (Lipinski definition) is 8. The molecule has 0 saturated carbocycles. The van der Waals surface area contributed by atoms with Gasteiger partial charge in [0, 0.05) is 24.6 Å². The molecule has 0 aliphatic rings. The maximum atomic E-state index is 12.5. The largest absolute Gasteiger partial charge is 0.357 e. The number of aromatic nitrogens is 3. The summed E-state index contributed by atoms with van der Waals surface area (Å²) in [5, 5.41) is 14.9. The van der Waals surface area contributed by atoms with Crippen molar-refractivity contribution in [2.45, 2.75) is 37.8 Å². The Hall–Kier alpha value is -2.23. The SMILES string of the molecule is C=CCNc1nnc(SCc2csc(N(C(C)=O)c3c(C)cc(C)cc3C)n2)s1. The van der Waals surface area contributed by atoms with Crippen LogP contribution in [0.25, 0.3) is 0 Å². The molecule has 0 radical (unpaired) electrons. The molecule has 0 bridgehead atoms. The van der Waals surface area contributed by atoms with Crippen LogP contribution in [0.15, 0.2) is 34.5 Å². The van der Waals surface area contributed by atoms with Crippen molar-refractivity contribution in [2.75, 3.05) is 16.8 Å². The first kappa shape index (κ1) is 21.5. The fraction of sp³-hybridized carbons (Fsp3) is 0.300. The highest BCUT2D eigenvalue weighted by atomic mass is 32.2. The zero-order valence-electron chi connectivity index (χ0n) is 16.9. The summed E-state index contributed by atoms with van der Waals surface area (Å²) in [4.78, 5) is 18.9. The van der Waals surface area contributed by atoms with Gasteiger partial charge in [0.25, 0.3) is 0 Å². The Balaban J connectivity index is 1.76. The van der Waals surface area contributed by atoms with Gasteiger partial charge in [-0.15, -0.1) is 28.1 Å². The summed E-state index contributed by atoms with van der Waals surface area (Å²) < 4.78 is 0.875. The third-order valence-electron chi connectivity index (χ3n) is 4.05. The average molecular weight is 446 g/mol. The molecular formula is C20H23N5OS3. The molecule has 2 aromatic heterocycles. The van der Waals surface area contributed by atoms with Gasteiger partial charge in [-0.1, -0.05) is 46.9 Å². The van der Waals surface area contributed by atoms with Crippen molar-refractivity contribution in [3.63, 3.8) is 0 Å². The van der Waals surface area contributed by atoms with Crippen molar-refractivity contribution >= 4 is 56.3 Å². The number of benzene rings is 1. The molecule has 1 amide bonds. The lowest BCUT2D eigenvalue weighted by Gasteiger charge is -2.23. The van der Waals surface area contributed by atoms with E-state index in [0.717, 1.165) is 32.0 Å². The van der Waals surface area contributed by atoms with E-state index in [4.69, 9.17) is 4.98 Å². The Labute approximate surface area is 183 Å². The lowest BCUT2D eigenvalue weighted by atomic mass is 10.0. The van der Waals surface area contributed by atoms with Crippen molar-refractivity contribution in [3.05, 3.63) is 52.6 Å². The highest BCUT2D eigenvalue weighted by Gasteiger charge is 2.22. The number of hydrogen-bond donors (Lipinski definition) is 1. The average Bonchev–Trinajstić information content (AvgIpc) is 3.30. The van der Waals surface area contributed by atoms with Gasteiger partial charge in [-0.2, -0.15) is 0 Å². The van der Waals surface area contributed by atoms with Crippen molar-refractivity contribution in [2.24, 2.45) is 0 Å². The number of amides is 1. The van der Waals surface area contributed by atoms with E-state index < -0.39 is 0 Å². The highest BCUT2D eigenvalue weighted by Crippen LogP contribution is 2.36. The monoisotopic (exact) mass is 445 g/mol. The lowest BCUT2D eigenvalue weighted by molar-refractivity contribution is -0.115. The predicted molar refractivity (Wildman–Crippen MR) is 124 cm³/mol. The number of carbonyl (C=O) groups is 1. The molecule has 1 aromatic carbocycles. The van der Waals surface area contributed by atoms with Crippen LogP contribution in [0.2, 0.25) is 0 Å². The van der Waals surface area contributed by atoms with Crippen LogP contribution in [-0.4, -0.2) is 27.6 Å². The van der Waals surface area contributed by atoms with Gasteiger partial charge in [0.2, 0.25) is 11.0 Å². The van der Waals surface area contributed by atoms with E-state index >= 15 is 0 Å². The van der Waals surface area contributed by atoms with E-state index in [1.807, 2.05) is 19.2 Å². The Morgan fingerprint density at radius 2 is 2.00 bits per heavy atom. The summed E-state index contributed by atoms with van der Waals surface area (Å²) in [6, 6.07) is 4.19. The van der Waals surface area contributed by atoms with Gasteiger partial charge in [-0.25, -0.2) is 4.98 Å². The molecule has 0 saturated heterocycles. The minimum atomic E-state index is -0.0457. The Bertz CT molecular complexity index is 1000. The summed E-state index contributed by atoms with van der Waals surface area (Å²) in [7, 11) is 0. The normalized spacial score (nSPS) is 10.8. The smallest absolute Gasteiger partial charge is 0.230 e. The first-order valence-corrected chi connectivity index (χ1v) is 11.7. The fourth-order valence-electron chi connectivity index (χ4n) is 3.01. The molecule has 0 fully saturated rings. The van der Waals surface area contributed by atoms with Crippen molar-refractivity contribution < 1.29 is 4.79 Å². The van der Waals surface area contributed by atoms with Crippen molar-refractivity contribution in [1.29, 1.82) is 0 Å². The van der Waals surface area contributed by atoms with E-state index in [-0.39, 0.29) is 5.91 Å². The Morgan fingerprint density at radius 3 is 2.66 bits per heavy atom. The standard InChI is InChI=1S/C20H23N5OS3/c1-6-7-21-18-23-24-20(29-18)28-11-16-10-27-19(22-16)25(15(5)26)17-13(3)8-12(2)9-14(17)4/h6,8-10H,1,7,11H2,2-5H3,(H,21,23). The number of anilines is 3. The third-order valence-corrected chi connectivity index (χ3v) is 6.97. The number of nitrogens with one attached hydrogen (secondary N) is 1. The van der Waals surface area contributed by atoms with Crippen LogP contribution in [-0.2, 0) is 10.5 Å². The molecule has 0 aliphatic carbocycles. The van der Waals surface area contributed by atoms with Crippen molar-refractivity contribution in [3.8, 4) is 0 Å². The second-order valence-corrected chi connectivity index (χ2v) is 9.59. The molecule has 152 valence electrons. The summed E-state index contributed by atoms with van der Waals surface area (Å²) >= 11 is 4.57. The molecule has 1 N–H and O–H groups in total. The van der Waals surface area contributed by atoms with E-state index in [9.17, 15) is 4.79 Å². The van der Waals surface area contributed by atoms with Gasteiger partial charge in [-0.05, 0) is 31.9 Å². The number of carbonyl (C=O) groups excluding carboxylic acids is 1. The molecule has 9 heteroatoms. The van der Waals surface area contributed by atoms with Gasteiger partial charge in [0.05, 0.1) is 11.4 Å². The third kappa shape index (κ3) is 5.23. The number of rotatable bonds is 8. The maximum absolute atomic E-state index is 12.5. The van der Waals surface area contributed by atoms with Crippen LogP contribution in [0.5, 0.6) is 0 Å². The van der Waals surface area contributed by atoms with Crippen LogP contribution in [0.4, 0.5) is 16.0 Å². The quantitative estimate of drug-likeness (QED) is 0.365. The second kappa shape index (κ2) is 9.51. The van der Waals surface area contributed by atoms with E-state index in [2.05, 4.69) is 41.1 Å². The van der Waals surface area contributed by atoms with Crippen LogP contribution in [0, 0.1) is 20.8 Å². The number of nitrogens with zero attached hydrogens (tertiary/aromatic N) is 4. The number of thioether (sulfide) groups is 1. The van der Waals surface area contributed by atoms with Crippen LogP contribution in [0.1, 0.15) is 29.3 Å². The van der Waals surface area contributed by atoms with Crippen molar-refractivity contribution in [1.82, 2.24) is 15.2 Å². The molecule has 0 atom stereocenters. The topological polar surface area (TPSA) is 71.0 Å². The number of aryl methyl sites for hydroxylation is 3. The molecule has 0 aliphatic heterocycles. The minimum absolute atomic E-state index is 0.0457. The molecule has 3 aromatic rings. The van der Waals surface area contributed by atoms with E-state index in [0.29, 0.717) is 17.4 Å². The molecule has 2 heterocycles. The molecule has 0 spiro atoms. The Morgan fingerprint density at radius 1 is 1.28 bits per heavy atom. The highest BCUT2D eigenvalue weighted by molar-refractivity contribution is 8.00. The minimum Gasteiger partial charge on any atom is -0.357 e. The van der Waals surface area contributed by atoms with Gasteiger partial charge in [0.15, 0.2) is 9.47 Å². The Kier molecular flexibility index (Phi) is 7.05. The number of thiazole rings is 1. The molecule has 0 unspecified atom stereocenters. The summed E-state index contributed by atoms with van der Waals surface area (Å²) in [6.07, 6.45) is 1.78. The predicted octanol–water partition coefficient (Wildman–Crippen LogP) is 5.49. The molecule has 6 nitrogen and oxygen atoms in total. The lowest BCUT2D eigenvalue weighted by Crippen LogP contribution is -2.24. The summed E-state index contributed by atoms with van der Waals surface area (Å²) in [5.74, 6) is 0.625. The zero-order chi connectivity index (χ0) is 21.0. The summed E-state index contributed by atoms with van der Waals surface area (Å²) in [5.41, 5.74) is 5.15. The van der Waals surface area contributed by atoms with Crippen LogP contribution >= 0.6 is 34.4 Å². The summed E-state index contributed by atoms with van der Waals surface area (Å²) in [6.45, 7) is 12.0. The van der Waals surface area contributed by atoms with Crippen LogP contribution < -0.4 is 10.2 Å². The van der Waals surface area contributed by atoms with Crippen LogP contribution in [0.3, 0.4) is 0 Å². The van der Waals surface area contributed by atoms with Gasteiger partial charge in [-0.3, -0.25) is 9.69 Å². The zero-order valence-corrected chi connectivity index (χ0v) is 19.3. The molecule has 3 rings (SSSR count). The molecular weight excluding hydrogens is 422 g/mol. The van der Waals surface area contributed by atoms with E-state index in [1.54, 1.807) is 29.7 Å². The van der Waals surface area contributed by atoms with E-state index in [1.165, 1.54) is 28.2 Å². The van der Waals surface area contributed by atoms with Gasteiger partial charge >= 0.3 is 0 Å². The second-order valence-electron chi connectivity index (χ2n) is 6.55. The fourth-order valence-corrected chi connectivity index (χ4v) is 5.64. The first-order valence-electron chi connectivity index (χ1n) is 9.03. The van der Waals surface area contributed by atoms with Gasteiger partial charge < -0.3 is 5.32 Å².